The number of esters is 1. The molecule has 0 bridgehead atoms. The standard InChI is InChI=1S/C14H17FN2O3/c1-2-20-13(18)8-17(10-4-5-10)14(19)9-3-6-12(16)11(15)7-9/h3,6-7,10H,2,4-5,8,16H2,1H3. The highest BCUT2D eigenvalue weighted by Crippen LogP contribution is 2.28. The van der Waals surface area contributed by atoms with Gasteiger partial charge >= 0.3 is 5.97 Å². The highest BCUT2D eigenvalue weighted by Gasteiger charge is 2.34. The second-order valence-electron chi connectivity index (χ2n) is 4.71. The van der Waals surface area contributed by atoms with Gasteiger partial charge in [-0.3, -0.25) is 9.59 Å². The molecule has 0 heterocycles. The normalized spacial score (nSPS) is 13.9. The highest BCUT2D eigenvalue weighted by molar-refractivity contribution is 5.96. The molecule has 1 aromatic rings. The average Bonchev–Trinajstić information content (AvgIpc) is 3.23. The minimum Gasteiger partial charge on any atom is -0.465 e. The van der Waals surface area contributed by atoms with Gasteiger partial charge in [0.05, 0.1) is 12.3 Å². The molecule has 2 rings (SSSR count). The van der Waals surface area contributed by atoms with Crippen LogP contribution in [0.5, 0.6) is 0 Å². The summed E-state index contributed by atoms with van der Waals surface area (Å²) in [4.78, 5) is 25.3. The number of amides is 1. The zero-order valence-electron chi connectivity index (χ0n) is 11.3. The van der Waals surface area contributed by atoms with E-state index in [2.05, 4.69) is 0 Å². The summed E-state index contributed by atoms with van der Waals surface area (Å²) < 4.78 is 18.3. The molecular formula is C14H17FN2O3. The Hall–Kier alpha value is -2.11. The number of carbonyl (C=O) groups is 2. The van der Waals surface area contributed by atoms with E-state index in [0.29, 0.717) is 0 Å². The lowest BCUT2D eigenvalue weighted by Gasteiger charge is -2.21. The molecule has 5 nitrogen and oxygen atoms in total. The van der Waals surface area contributed by atoms with Gasteiger partial charge in [0, 0.05) is 11.6 Å². The summed E-state index contributed by atoms with van der Waals surface area (Å²) in [5, 5.41) is 0. The van der Waals surface area contributed by atoms with Gasteiger partial charge in [0.15, 0.2) is 0 Å². The fraction of sp³-hybridized carbons (Fsp3) is 0.429. The number of carbonyl (C=O) groups excluding carboxylic acids is 2. The molecule has 1 saturated carbocycles. The molecule has 1 aliphatic carbocycles. The quantitative estimate of drug-likeness (QED) is 0.656. The van der Waals surface area contributed by atoms with E-state index in [1.165, 1.54) is 17.0 Å². The minimum absolute atomic E-state index is 0.00934. The van der Waals surface area contributed by atoms with Crippen molar-refractivity contribution in [2.24, 2.45) is 0 Å². The molecule has 1 amide bonds. The summed E-state index contributed by atoms with van der Waals surface area (Å²) in [5.41, 5.74) is 5.56. The first-order valence-electron chi connectivity index (χ1n) is 6.54. The number of nitrogens with zero attached hydrogens (tertiary/aromatic N) is 1. The van der Waals surface area contributed by atoms with Gasteiger partial charge in [-0.05, 0) is 38.0 Å². The van der Waals surface area contributed by atoms with Gasteiger partial charge in [-0.1, -0.05) is 0 Å². The van der Waals surface area contributed by atoms with Crippen molar-refractivity contribution in [2.75, 3.05) is 18.9 Å². The van der Waals surface area contributed by atoms with Gasteiger partial charge in [-0.15, -0.1) is 0 Å². The Morgan fingerprint density at radius 3 is 2.70 bits per heavy atom. The number of benzene rings is 1. The predicted molar refractivity (Wildman–Crippen MR) is 71.5 cm³/mol. The lowest BCUT2D eigenvalue weighted by molar-refractivity contribution is -0.144. The van der Waals surface area contributed by atoms with Gasteiger partial charge in [-0.2, -0.15) is 0 Å². The lowest BCUT2D eigenvalue weighted by atomic mass is 10.1. The van der Waals surface area contributed by atoms with E-state index in [1.54, 1.807) is 6.92 Å². The zero-order valence-corrected chi connectivity index (χ0v) is 11.3. The number of halogens is 1. The van der Waals surface area contributed by atoms with Crippen molar-refractivity contribution in [1.82, 2.24) is 4.90 Å². The van der Waals surface area contributed by atoms with E-state index in [0.717, 1.165) is 18.9 Å². The number of nitrogen functional groups attached to an aromatic ring is 1. The Morgan fingerprint density at radius 2 is 2.15 bits per heavy atom. The van der Waals surface area contributed by atoms with Gasteiger partial charge in [0.25, 0.3) is 5.91 Å². The molecule has 0 radical (unpaired) electrons. The molecule has 20 heavy (non-hydrogen) atoms. The van der Waals surface area contributed by atoms with Crippen molar-refractivity contribution < 1.29 is 18.7 Å². The number of nitrogens with two attached hydrogens (primary N) is 1. The predicted octanol–water partition coefficient (Wildman–Crippen LogP) is 1.58. The maximum atomic E-state index is 13.4. The molecule has 108 valence electrons. The first-order valence-corrected chi connectivity index (χ1v) is 6.54. The van der Waals surface area contributed by atoms with Crippen molar-refractivity contribution >= 4 is 17.6 Å². The van der Waals surface area contributed by atoms with Crippen LogP contribution in [0, 0.1) is 5.82 Å². The fourth-order valence-corrected chi connectivity index (χ4v) is 1.92. The molecule has 0 aromatic heterocycles. The molecule has 1 aromatic carbocycles. The van der Waals surface area contributed by atoms with Gasteiger partial charge in [0.2, 0.25) is 0 Å². The van der Waals surface area contributed by atoms with E-state index in [-0.39, 0.29) is 36.4 Å². The van der Waals surface area contributed by atoms with Crippen LogP contribution in [-0.2, 0) is 9.53 Å². The van der Waals surface area contributed by atoms with E-state index in [1.807, 2.05) is 0 Å². The smallest absolute Gasteiger partial charge is 0.325 e. The van der Waals surface area contributed by atoms with Crippen LogP contribution < -0.4 is 5.73 Å². The van der Waals surface area contributed by atoms with Crippen molar-refractivity contribution in [2.45, 2.75) is 25.8 Å². The SMILES string of the molecule is CCOC(=O)CN(C(=O)c1ccc(N)c(F)c1)C1CC1. The van der Waals surface area contributed by atoms with Crippen molar-refractivity contribution in [3.05, 3.63) is 29.6 Å². The summed E-state index contributed by atoms with van der Waals surface area (Å²) >= 11 is 0. The van der Waals surface area contributed by atoms with Crippen LogP contribution in [0.15, 0.2) is 18.2 Å². The highest BCUT2D eigenvalue weighted by atomic mass is 19.1. The Labute approximate surface area is 116 Å². The molecular weight excluding hydrogens is 263 g/mol. The summed E-state index contributed by atoms with van der Waals surface area (Å²) in [7, 11) is 0. The monoisotopic (exact) mass is 280 g/mol. The molecule has 0 saturated heterocycles. The van der Waals surface area contributed by atoms with E-state index >= 15 is 0 Å². The van der Waals surface area contributed by atoms with Crippen molar-refractivity contribution in [3.8, 4) is 0 Å². The van der Waals surface area contributed by atoms with Gasteiger partial charge < -0.3 is 15.4 Å². The van der Waals surface area contributed by atoms with Crippen molar-refractivity contribution in [1.29, 1.82) is 0 Å². The van der Waals surface area contributed by atoms with Crippen LogP contribution in [0.4, 0.5) is 10.1 Å². The summed E-state index contributed by atoms with van der Waals surface area (Å²) in [6.45, 7) is 1.86. The molecule has 0 spiro atoms. The Balaban J connectivity index is 2.14. The first-order chi connectivity index (χ1) is 9.52. The van der Waals surface area contributed by atoms with Gasteiger partial charge in [-0.25, -0.2) is 4.39 Å². The van der Waals surface area contributed by atoms with E-state index in [4.69, 9.17) is 10.5 Å². The Morgan fingerprint density at radius 1 is 1.45 bits per heavy atom. The Bertz CT molecular complexity index is 529. The number of hydrogen-bond acceptors (Lipinski definition) is 4. The van der Waals surface area contributed by atoms with Gasteiger partial charge in [0.1, 0.15) is 12.4 Å². The third-order valence-corrected chi connectivity index (χ3v) is 3.10. The fourth-order valence-electron chi connectivity index (χ4n) is 1.92. The number of ether oxygens (including phenoxy) is 1. The largest absolute Gasteiger partial charge is 0.465 e. The van der Waals surface area contributed by atoms with Crippen LogP contribution in [0.1, 0.15) is 30.1 Å². The maximum absolute atomic E-state index is 13.4. The van der Waals surface area contributed by atoms with Crippen LogP contribution in [0.2, 0.25) is 0 Å². The zero-order chi connectivity index (χ0) is 14.7. The molecule has 1 aliphatic rings. The second-order valence-corrected chi connectivity index (χ2v) is 4.71. The molecule has 0 aliphatic heterocycles. The number of rotatable bonds is 5. The average molecular weight is 280 g/mol. The molecule has 2 N–H and O–H groups in total. The van der Waals surface area contributed by atoms with E-state index < -0.39 is 11.8 Å². The third-order valence-electron chi connectivity index (χ3n) is 3.10. The molecule has 0 unspecified atom stereocenters. The first kappa shape index (κ1) is 14.3. The Kier molecular flexibility index (Phi) is 4.22. The summed E-state index contributed by atoms with van der Waals surface area (Å²) in [6, 6.07) is 3.94. The molecule has 6 heteroatoms. The topological polar surface area (TPSA) is 72.6 Å². The number of anilines is 1. The number of hydrogen-bond donors (Lipinski definition) is 1. The third kappa shape index (κ3) is 3.26. The van der Waals surface area contributed by atoms with Crippen LogP contribution in [0.3, 0.4) is 0 Å². The lowest BCUT2D eigenvalue weighted by Crippen LogP contribution is -2.38. The van der Waals surface area contributed by atoms with Crippen LogP contribution in [0.25, 0.3) is 0 Å². The van der Waals surface area contributed by atoms with Crippen molar-refractivity contribution in [3.63, 3.8) is 0 Å². The summed E-state index contributed by atoms with van der Waals surface area (Å²) in [6.07, 6.45) is 1.70. The molecule has 1 fully saturated rings. The maximum Gasteiger partial charge on any atom is 0.325 e. The molecule has 0 atom stereocenters. The summed E-state index contributed by atoms with van der Waals surface area (Å²) in [5.74, 6) is -1.47. The van der Waals surface area contributed by atoms with E-state index in [9.17, 15) is 14.0 Å². The van der Waals surface area contributed by atoms with Crippen LogP contribution >= 0.6 is 0 Å². The van der Waals surface area contributed by atoms with Crippen LogP contribution in [-0.4, -0.2) is 36.0 Å². The minimum atomic E-state index is -0.636. The second kappa shape index (κ2) is 5.90.